The van der Waals surface area contributed by atoms with Gasteiger partial charge in [0.1, 0.15) is 0 Å². The molecule has 6 nitrogen and oxygen atoms in total. The molecule has 0 fully saturated rings. The summed E-state index contributed by atoms with van der Waals surface area (Å²) in [4.78, 5) is 14.2. The van der Waals surface area contributed by atoms with Gasteiger partial charge in [-0.15, -0.1) is 0 Å². The molecular formula is C19H19N5O. The van der Waals surface area contributed by atoms with Gasteiger partial charge in [0.25, 0.3) is 0 Å². The standard InChI is InChI=1S/C19H19N5O/c1-13-9-14(2)24(22-13)12-17-11-18(23-25-17)15-5-3-6-16(10-15)19-20-7-4-8-21-19/h3-10,17H,11-12H2,1-2H3. The van der Waals surface area contributed by atoms with Crippen LogP contribution in [0.2, 0.25) is 0 Å². The fraction of sp³-hybridized carbons (Fsp3) is 0.263. The zero-order chi connectivity index (χ0) is 17.2. The van der Waals surface area contributed by atoms with E-state index in [1.807, 2.05) is 35.9 Å². The summed E-state index contributed by atoms with van der Waals surface area (Å²) in [6, 6.07) is 12.0. The molecule has 0 bridgehead atoms. The second-order valence-corrected chi connectivity index (χ2v) is 6.23. The van der Waals surface area contributed by atoms with Crippen molar-refractivity contribution in [2.24, 2.45) is 5.16 Å². The lowest BCUT2D eigenvalue weighted by atomic mass is 10.0. The Morgan fingerprint density at radius 1 is 1.08 bits per heavy atom. The van der Waals surface area contributed by atoms with Crippen LogP contribution in [0.1, 0.15) is 23.4 Å². The van der Waals surface area contributed by atoms with E-state index in [0.29, 0.717) is 12.4 Å². The lowest BCUT2D eigenvalue weighted by Gasteiger charge is -2.09. The fourth-order valence-corrected chi connectivity index (χ4v) is 3.04. The number of aromatic nitrogens is 4. The van der Waals surface area contributed by atoms with Crippen molar-refractivity contribution in [2.45, 2.75) is 32.9 Å². The van der Waals surface area contributed by atoms with Crippen LogP contribution in [0.5, 0.6) is 0 Å². The van der Waals surface area contributed by atoms with Crippen LogP contribution in [-0.2, 0) is 11.4 Å². The van der Waals surface area contributed by atoms with E-state index in [2.05, 4.69) is 39.3 Å². The average Bonchev–Trinajstić information content (AvgIpc) is 3.22. The van der Waals surface area contributed by atoms with Crippen molar-refractivity contribution < 1.29 is 4.84 Å². The van der Waals surface area contributed by atoms with E-state index in [1.54, 1.807) is 12.4 Å². The fourth-order valence-electron chi connectivity index (χ4n) is 3.04. The molecule has 1 aliphatic rings. The highest BCUT2D eigenvalue weighted by Crippen LogP contribution is 2.22. The van der Waals surface area contributed by atoms with Gasteiger partial charge >= 0.3 is 0 Å². The molecule has 2 aromatic heterocycles. The van der Waals surface area contributed by atoms with Gasteiger partial charge in [-0.2, -0.15) is 5.10 Å². The van der Waals surface area contributed by atoms with Gasteiger partial charge in [0.15, 0.2) is 11.9 Å². The van der Waals surface area contributed by atoms with E-state index in [0.717, 1.165) is 34.6 Å². The first kappa shape index (κ1) is 15.5. The highest BCUT2D eigenvalue weighted by atomic mass is 16.6. The molecule has 0 amide bonds. The molecule has 1 aromatic carbocycles. The molecule has 0 radical (unpaired) electrons. The van der Waals surface area contributed by atoms with E-state index in [1.165, 1.54) is 0 Å². The zero-order valence-corrected chi connectivity index (χ0v) is 14.3. The molecular weight excluding hydrogens is 314 g/mol. The summed E-state index contributed by atoms with van der Waals surface area (Å²) in [7, 11) is 0. The Morgan fingerprint density at radius 2 is 1.88 bits per heavy atom. The van der Waals surface area contributed by atoms with Crippen LogP contribution < -0.4 is 0 Å². The van der Waals surface area contributed by atoms with E-state index in [9.17, 15) is 0 Å². The summed E-state index contributed by atoms with van der Waals surface area (Å²) in [5.41, 5.74) is 5.12. The van der Waals surface area contributed by atoms with E-state index in [-0.39, 0.29) is 6.10 Å². The Kier molecular flexibility index (Phi) is 4.01. The average molecular weight is 333 g/mol. The number of nitrogens with zero attached hydrogens (tertiary/aromatic N) is 5. The molecule has 4 rings (SSSR count). The first-order chi connectivity index (χ1) is 12.2. The molecule has 6 heteroatoms. The van der Waals surface area contributed by atoms with Gasteiger partial charge in [-0.25, -0.2) is 9.97 Å². The largest absolute Gasteiger partial charge is 0.390 e. The second kappa shape index (κ2) is 6.47. The van der Waals surface area contributed by atoms with Crippen LogP contribution in [-0.4, -0.2) is 31.6 Å². The molecule has 25 heavy (non-hydrogen) atoms. The smallest absolute Gasteiger partial charge is 0.159 e. The van der Waals surface area contributed by atoms with Crippen molar-refractivity contribution in [3.8, 4) is 11.4 Å². The SMILES string of the molecule is Cc1cc(C)n(CC2CC(c3cccc(-c4ncccn4)c3)=NO2)n1. The van der Waals surface area contributed by atoms with E-state index >= 15 is 0 Å². The van der Waals surface area contributed by atoms with Gasteiger partial charge in [0, 0.05) is 35.6 Å². The lowest BCUT2D eigenvalue weighted by Crippen LogP contribution is -2.18. The van der Waals surface area contributed by atoms with Crippen molar-refractivity contribution >= 4 is 5.71 Å². The highest BCUT2D eigenvalue weighted by Gasteiger charge is 2.23. The molecule has 0 N–H and O–H groups in total. The first-order valence-corrected chi connectivity index (χ1v) is 8.30. The zero-order valence-electron chi connectivity index (χ0n) is 14.3. The van der Waals surface area contributed by atoms with Crippen molar-refractivity contribution in [2.75, 3.05) is 0 Å². The maximum atomic E-state index is 5.63. The maximum Gasteiger partial charge on any atom is 0.159 e. The van der Waals surface area contributed by atoms with Gasteiger partial charge < -0.3 is 4.84 Å². The third kappa shape index (κ3) is 3.28. The summed E-state index contributed by atoms with van der Waals surface area (Å²) < 4.78 is 1.98. The molecule has 0 saturated carbocycles. The van der Waals surface area contributed by atoms with Gasteiger partial charge in [0.2, 0.25) is 0 Å². The molecule has 3 aromatic rings. The van der Waals surface area contributed by atoms with Crippen LogP contribution >= 0.6 is 0 Å². The molecule has 1 aliphatic heterocycles. The van der Waals surface area contributed by atoms with Crippen molar-refractivity contribution in [3.05, 3.63) is 65.7 Å². The number of hydrogen-bond acceptors (Lipinski definition) is 5. The Morgan fingerprint density at radius 3 is 2.64 bits per heavy atom. The summed E-state index contributed by atoms with van der Waals surface area (Å²) in [5, 5.41) is 8.78. The first-order valence-electron chi connectivity index (χ1n) is 8.30. The van der Waals surface area contributed by atoms with Gasteiger partial charge in [0.05, 0.1) is 18.0 Å². The highest BCUT2D eigenvalue weighted by molar-refractivity contribution is 6.02. The molecule has 0 saturated heterocycles. The third-order valence-electron chi connectivity index (χ3n) is 4.23. The number of benzene rings is 1. The van der Waals surface area contributed by atoms with E-state index in [4.69, 9.17) is 4.84 Å². The number of rotatable bonds is 4. The predicted molar refractivity (Wildman–Crippen MR) is 95.2 cm³/mol. The molecule has 126 valence electrons. The van der Waals surface area contributed by atoms with Crippen molar-refractivity contribution in [1.29, 1.82) is 0 Å². The summed E-state index contributed by atoms with van der Waals surface area (Å²) in [6.45, 7) is 4.76. The van der Waals surface area contributed by atoms with Crippen molar-refractivity contribution in [3.63, 3.8) is 0 Å². The molecule has 0 aliphatic carbocycles. The minimum Gasteiger partial charge on any atom is -0.390 e. The quantitative estimate of drug-likeness (QED) is 0.736. The monoisotopic (exact) mass is 333 g/mol. The third-order valence-corrected chi connectivity index (χ3v) is 4.23. The summed E-state index contributed by atoms with van der Waals surface area (Å²) >= 11 is 0. The second-order valence-electron chi connectivity index (χ2n) is 6.23. The minimum absolute atomic E-state index is 0.00429. The Hall–Kier alpha value is -3.02. The number of oxime groups is 1. The summed E-state index contributed by atoms with van der Waals surface area (Å²) in [6.07, 6.45) is 4.26. The topological polar surface area (TPSA) is 65.2 Å². The summed E-state index contributed by atoms with van der Waals surface area (Å²) in [5.74, 6) is 0.711. The van der Waals surface area contributed by atoms with Gasteiger partial charge in [-0.3, -0.25) is 4.68 Å². The van der Waals surface area contributed by atoms with E-state index < -0.39 is 0 Å². The normalized spacial score (nSPS) is 16.6. The van der Waals surface area contributed by atoms with Crippen LogP contribution in [0.3, 0.4) is 0 Å². The predicted octanol–water partition coefficient (Wildman–Crippen LogP) is 3.15. The Balaban J connectivity index is 1.49. The van der Waals surface area contributed by atoms with Crippen LogP contribution in [0.4, 0.5) is 0 Å². The van der Waals surface area contributed by atoms with Gasteiger partial charge in [-0.1, -0.05) is 23.4 Å². The van der Waals surface area contributed by atoms with Crippen molar-refractivity contribution in [1.82, 2.24) is 19.7 Å². The molecule has 0 spiro atoms. The van der Waals surface area contributed by atoms with Crippen LogP contribution in [0.25, 0.3) is 11.4 Å². The molecule has 1 unspecified atom stereocenters. The van der Waals surface area contributed by atoms with Crippen LogP contribution in [0, 0.1) is 13.8 Å². The Bertz CT molecular complexity index is 917. The minimum atomic E-state index is 0.00429. The maximum absolute atomic E-state index is 5.63. The Labute approximate surface area is 146 Å². The number of hydrogen-bond donors (Lipinski definition) is 0. The molecule has 3 heterocycles. The molecule has 1 atom stereocenters. The number of aryl methyl sites for hydroxylation is 2. The lowest BCUT2D eigenvalue weighted by molar-refractivity contribution is 0.0692. The van der Waals surface area contributed by atoms with Gasteiger partial charge in [-0.05, 0) is 32.0 Å². The van der Waals surface area contributed by atoms with Crippen LogP contribution in [0.15, 0.2) is 53.9 Å².